The number of hydrogen-bond donors (Lipinski definition) is 0. The van der Waals surface area contributed by atoms with Crippen molar-refractivity contribution in [3.8, 4) is 6.07 Å². The second-order valence-electron chi connectivity index (χ2n) is 6.61. The molecule has 1 aromatic rings. The first-order valence-electron chi connectivity index (χ1n) is 6.68. The van der Waals surface area contributed by atoms with Gasteiger partial charge in [0, 0.05) is 13.1 Å². The van der Waals surface area contributed by atoms with E-state index in [9.17, 15) is 5.26 Å². The van der Waals surface area contributed by atoms with E-state index in [1.807, 2.05) is 12.1 Å². The Morgan fingerprint density at radius 2 is 1.74 bits per heavy atom. The lowest BCUT2D eigenvalue weighted by molar-refractivity contribution is -0.133. The van der Waals surface area contributed by atoms with E-state index in [1.54, 1.807) is 0 Å². The van der Waals surface area contributed by atoms with Crippen LogP contribution >= 0.6 is 0 Å². The maximum atomic E-state index is 9.29. The standard InChI is InChI=1S/C16H22N2O/c1-12-6-7-13(9-17)14(8-12)18-10-15(2,3)19-16(4,5)11-18/h6-8H,10-11H2,1-5H3. The first-order valence-corrected chi connectivity index (χ1v) is 6.68. The van der Waals surface area contributed by atoms with Gasteiger partial charge in [-0.25, -0.2) is 0 Å². The van der Waals surface area contributed by atoms with Gasteiger partial charge in [-0.05, 0) is 52.3 Å². The lowest BCUT2D eigenvalue weighted by Gasteiger charge is -2.48. The summed E-state index contributed by atoms with van der Waals surface area (Å²) in [5, 5.41) is 9.29. The molecule has 1 saturated heterocycles. The predicted molar refractivity (Wildman–Crippen MR) is 77.4 cm³/mol. The normalized spacial score (nSPS) is 20.9. The molecule has 0 amide bonds. The SMILES string of the molecule is Cc1ccc(C#N)c(N2CC(C)(C)OC(C)(C)C2)c1. The number of benzene rings is 1. The summed E-state index contributed by atoms with van der Waals surface area (Å²) in [6, 6.07) is 8.27. The number of hydrogen-bond acceptors (Lipinski definition) is 3. The van der Waals surface area contributed by atoms with Crippen molar-refractivity contribution in [1.82, 2.24) is 0 Å². The van der Waals surface area contributed by atoms with E-state index in [2.05, 4.69) is 51.7 Å². The van der Waals surface area contributed by atoms with Crippen LogP contribution in [0.4, 0.5) is 5.69 Å². The molecule has 1 aromatic carbocycles. The highest BCUT2D eigenvalue weighted by Gasteiger charge is 2.38. The van der Waals surface area contributed by atoms with Gasteiger partial charge in [0.15, 0.2) is 0 Å². The van der Waals surface area contributed by atoms with Crippen LogP contribution in [0, 0.1) is 18.3 Å². The molecule has 2 rings (SSSR count). The van der Waals surface area contributed by atoms with Gasteiger partial charge in [0.25, 0.3) is 0 Å². The van der Waals surface area contributed by atoms with Gasteiger partial charge in [-0.15, -0.1) is 0 Å². The summed E-state index contributed by atoms with van der Waals surface area (Å²) in [6.45, 7) is 12.1. The first-order chi connectivity index (χ1) is 8.72. The van der Waals surface area contributed by atoms with E-state index in [1.165, 1.54) is 5.56 Å². The summed E-state index contributed by atoms with van der Waals surface area (Å²) >= 11 is 0. The Balaban J connectivity index is 2.41. The molecule has 0 N–H and O–H groups in total. The van der Waals surface area contributed by atoms with Crippen LogP contribution in [0.3, 0.4) is 0 Å². The van der Waals surface area contributed by atoms with Crippen LogP contribution in [0.15, 0.2) is 18.2 Å². The van der Waals surface area contributed by atoms with Gasteiger partial charge in [-0.3, -0.25) is 0 Å². The van der Waals surface area contributed by atoms with E-state index in [4.69, 9.17) is 4.74 Å². The number of nitriles is 1. The van der Waals surface area contributed by atoms with Gasteiger partial charge in [0.05, 0.1) is 22.5 Å². The van der Waals surface area contributed by atoms with Crippen molar-refractivity contribution >= 4 is 5.69 Å². The summed E-state index contributed by atoms with van der Waals surface area (Å²) < 4.78 is 6.09. The molecule has 3 heteroatoms. The highest BCUT2D eigenvalue weighted by Crippen LogP contribution is 2.33. The molecule has 0 aromatic heterocycles. The van der Waals surface area contributed by atoms with Crippen LogP contribution in [0.5, 0.6) is 0 Å². The quantitative estimate of drug-likeness (QED) is 0.775. The second-order valence-corrected chi connectivity index (χ2v) is 6.61. The van der Waals surface area contributed by atoms with Crippen molar-refractivity contribution in [3.63, 3.8) is 0 Å². The van der Waals surface area contributed by atoms with Crippen LogP contribution in [0.1, 0.15) is 38.8 Å². The largest absolute Gasteiger partial charge is 0.366 e. The number of aryl methyl sites for hydroxylation is 1. The molecular formula is C16H22N2O. The fourth-order valence-corrected chi connectivity index (χ4v) is 2.96. The van der Waals surface area contributed by atoms with E-state index >= 15 is 0 Å². The highest BCUT2D eigenvalue weighted by molar-refractivity contribution is 5.61. The zero-order valence-electron chi connectivity index (χ0n) is 12.4. The van der Waals surface area contributed by atoms with Gasteiger partial charge >= 0.3 is 0 Å². The van der Waals surface area contributed by atoms with Crippen molar-refractivity contribution in [3.05, 3.63) is 29.3 Å². The third-order valence-electron chi connectivity index (χ3n) is 3.31. The molecule has 1 aliphatic heterocycles. The summed E-state index contributed by atoms with van der Waals surface area (Å²) in [6.07, 6.45) is 0. The molecule has 1 aliphatic rings. The topological polar surface area (TPSA) is 36.3 Å². The summed E-state index contributed by atoms with van der Waals surface area (Å²) in [7, 11) is 0. The van der Waals surface area contributed by atoms with Crippen molar-refractivity contribution < 1.29 is 4.74 Å². The molecule has 0 atom stereocenters. The van der Waals surface area contributed by atoms with Crippen LogP contribution in [0.25, 0.3) is 0 Å². The number of ether oxygens (including phenoxy) is 1. The van der Waals surface area contributed by atoms with E-state index in [0.717, 1.165) is 24.3 Å². The molecule has 0 spiro atoms. The average molecular weight is 258 g/mol. The fourth-order valence-electron chi connectivity index (χ4n) is 2.96. The number of anilines is 1. The molecule has 0 aliphatic carbocycles. The third-order valence-corrected chi connectivity index (χ3v) is 3.31. The average Bonchev–Trinajstić information content (AvgIpc) is 2.24. The minimum Gasteiger partial charge on any atom is -0.366 e. The summed E-state index contributed by atoms with van der Waals surface area (Å²) in [5.41, 5.74) is 2.51. The second kappa shape index (κ2) is 4.54. The first kappa shape index (κ1) is 13.9. The van der Waals surface area contributed by atoms with Gasteiger partial charge in [0.2, 0.25) is 0 Å². The van der Waals surface area contributed by atoms with Gasteiger partial charge in [-0.1, -0.05) is 6.07 Å². The minimum absolute atomic E-state index is 0.210. The minimum atomic E-state index is -0.210. The maximum absolute atomic E-state index is 9.29. The summed E-state index contributed by atoms with van der Waals surface area (Å²) in [5.74, 6) is 0. The van der Waals surface area contributed by atoms with Gasteiger partial charge in [-0.2, -0.15) is 5.26 Å². The van der Waals surface area contributed by atoms with Crippen molar-refractivity contribution in [2.75, 3.05) is 18.0 Å². The Morgan fingerprint density at radius 1 is 1.16 bits per heavy atom. The fraction of sp³-hybridized carbons (Fsp3) is 0.562. The zero-order chi connectivity index (χ0) is 14.3. The lowest BCUT2D eigenvalue weighted by Crippen LogP contribution is -2.57. The molecule has 1 fully saturated rings. The van der Waals surface area contributed by atoms with Crippen molar-refractivity contribution in [2.24, 2.45) is 0 Å². The number of nitrogens with zero attached hydrogens (tertiary/aromatic N) is 2. The van der Waals surface area contributed by atoms with E-state index in [-0.39, 0.29) is 11.2 Å². The Hall–Kier alpha value is -1.53. The van der Waals surface area contributed by atoms with E-state index in [0.29, 0.717) is 0 Å². The monoisotopic (exact) mass is 258 g/mol. The molecule has 0 unspecified atom stereocenters. The number of morpholine rings is 1. The van der Waals surface area contributed by atoms with Crippen LogP contribution < -0.4 is 4.90 Å². The molecule has 3 nitrogen and oxygen atoms in total. The van der Waals surface area contributed by atoms with E-state index < -0.39 is 0 Å². The molecule has 0 radical (unpaired) electrons. The van der Waals surface area contributed by atoms with Gasteiger partial charge in [0.1, 0.15) is 6.07 Å². The molecule has 102 valence electrons. The lowest BCUT2D eigenvalue weighted by atomic mass is 9.97. The van der Waals surface area contributed by atoms with Gasteiger partial charge < -0.3 is 9.64 Å². The third kappa shape index (κ3) is 3.08. The maximum Gasteiger partial charge on any atom is 0.101 e. The Bertz CT molecular complexity index is 510. The highest BCUT2D eigenvalue weighted by atomic mass is 16.5. The van der Waals surface area contributed by atoms with Crippen LogP contribution in [0.2, 0.25) is 0 Å². The zero-order valence-corrected chi connectivity index (χ0v) is 12.4. The Labute approximate surface area is 115 Å². The number of rotatable bonds is 1. The van der Waals surface area contributed by atoms with Crippen LogP contribution in [-0.2, 0) is 4.74 Å². The van der Waals surface area contributed by atoms with Crippen molar-refractivity contribution in [1.29, 1.82) is 5.26 Å². The molecule has 1 heterocycles. The summed E-state index contributed by atoms with van der Waals surface area (Å²) in [4.78, 5) is 2.27. The molecule has 19 heavy (non-hydrogen) atoms. The Morgan fingerprint density at radius 3 is 2.26 bits per heavy atom. The smallest absolute Gasteiger partial charge is 0.101 e. The Kier molecular flexibility index (Phi) is 3.32. The molecule has 0 saturated carbocycles. The van der Waals surface area contributed by atoms with Crippen molar-refractivity contribution in [2.45, 2.75) is 45.8 Å². The predicted octanol–water partition coefficient (Wildman–Crippen LogP) is 3.26. The van der Waals surface area contributed by atoms with Crippen LogP contribution in [-0.4, -0.2) is 24.3 Å². The molecule has 0 bridgehead atoms. The molecular weight excluding hydrogens is 236 g/mol.